The van der Waals surface area contributed by atoms with Crippen molar-refractivity contribution in [3.63, 3.8) is 0 Å². The van der Waals surface area contributed by atoms with Crippen molar-refractivity contribution in [2.24, 2.45) is 0 Å². The quantitative estimate of drug-likeness (QED) is 0.612. The third-order valence-corrected chi connectivity index (χ3v) is 2.50. The minimum absolute atomic E-state index is 0.0231. The molecule has 2 atom stereocenters. The Morgan fingerprint density at radius 1 is 1.31 bits per heavy atom. The summed E-state index contributed by atoms with van der Waals surface area (Å²) in [5, 5.41) is 0. The number of benzene rings is 1. The number of hydrogen-bond acceptors (Lipinski definition) is 2. The molecule has 1 saturated heterocycles. The maximum atomic E-state index is 11.0. The van der Waals surface area contributed by atoms with Crippen LogP contribution in [0.2, 0.25) is 0 Å². The van der Waals surface area contributed by atoms with Crippen LogP contribution in [0.25, 0.3) is 0 Å². The molecule has 1 aromatic rings. The molecule has 0 unspecified atom stereocenters. The molecule has 1 aromatic carbocycles. The van der Waals surface area contributed by atoms with Crippen LogP contribution >= 0.6 is 0 Å². The normalized spacial score (nSPS) is 27.3. The second-order valence-corrected chi connectivity index (χ2v) is 3.42. The Kier molecular flexibility index (Phi) is 2.05. The Labute approximate surface area is 77.5 Å². The smallest absolute Gasteiger partial charge is 0.306 e. The van der Waals surface area contributed by atoms with Crippen molar-refractivity contribution in [2.75, 3.05) is 0 Å². The lowest BCUT2D eigenvalue weighted by Crippen LogP contribution is -2.08. The first-order chi connectivity index (χ1) is 6.27. The molecular formula is C11H12O2. The van der Waals surface area contributed by atoms with E-state index in [2.05, 4.69) is 0 Å². The maximum Gasteiger partial charge on any atom is 0.306 e. The molecule has 0 saturated carbocycles. The van der Waals surface area contributed by atoms with Gasteiger partial charge in [0.05, 0.1) is 6.42 Å². The van der Waals surface area contributed by atoms with Gasteiger partial charge in [0, 0.05) is 5.92 Å². The van der Waals surface area contributed by atoms with E-state index in [9.17, 15) is 4.79 Å². The van der Waals surface area contributed by atoms with Crippen molar-refractivity contribution in [2.45, 2.75) is 25.4 Å². The third-order valence-electron chi connectivity index (χ3n) is 2.50. The van der Waals surface area contributed by atoms with Crippen LogP contribution in [0.15, 0.2) is 30.3 Å². The summed E-state index contributed by atoms with van der Waals surface area (Å²) in [6.45, 7) is 1.95. The highest BCUT2D eigenvalue weighted by atomic mass is 16.5. The molecule has 1 aliphatic rings. The molecule has 0 N–H and O–H groups in total. The Morgan fingerprint density at radius 3 is 2.54 bits per heavy atom. The van der Waals surface area contributed by atoms with Crippen LogP contribution in [0.1, 0.15) is 24.8 Å². The van der Waals surface area contributed by atoms with Crippen molar-refractivity contribution in [3.05, 3.63) is 35.9 Å². The molecule has 1 fully saturated rings. The minimum Gasteiger partial charge on any atom is -0.462 e. The lowest BCUT2D eigenvalue weighted by atomic mass is 9.93. The van der Waals surface area contributed by atoms with Crippen LogP contribution < -0.4 is 0 Å². The van der Waals surface area contributed by atoms with Gasteiger partial charge in [-0.15, -0.1) is 0 Å². The van der Waals surface area contributed by atoms with Gasteiger partial charge >= 0.3 is 5.97 Å². The van der Waals surface area contributed by atoms with E-state index >= 15 is 0 Å². The number of carbonyl (C=O) groups is 1. The number of esters is 1. The van der Waals surface area contributed by atoms with Gasteiger partial charge in [-0.05, 0) is 12.5 Å². The Hall–Kier alpha value is -1.31. The first kappa shape index (κ1) is 8.30. The highest BCUT2D eigenvalue weighted by molar-refractivity contribution is 5.73. The van der Waals surface area contributed by atoms with E-state index in [0.29, 0.717) is 6.42 Å². The highest BCUT2D eigenvalue weighted by Crippen LogP contribution is 2.31. The van der Waals surface area contributed by atoms with Crippen molar-refractivity contribution in [3.8, 4) is 0 Å². The zero-order valence-electron chi connectivity index (χ0n) is 7.57. The van der Waals surface area contributed by atoms with Crippen molar-refractivity contribution < 1.29 is 9.53 Å². The molecule has 2 nitrogen and oxygen atoms in total. The lowest BCUT2D eigenvalue weighted by Gasteiger charge is -2.12. The fourth-order valence-corrected chi connectivity index (χ4v) is 1.77. The Balaban J connectivity index is 2.23. The van der Waals surface area contributed by atoms with Gasteiger partial charge in [-0.25, -0.2) is 0 Å². The van der Waals surface area contributed by atoms with Crippen LogP contribution in [0.5, 0.6) is 0 Å². The van der Waals surface area contributed by atoms with E-state index in [1.807, 2.05) is 37.3 Å². The van der Waals surface area contributed by atoms with Gasteiger partial charge in [-0.3, -0.25) is 4.79 Å². The van der Waals surface area contributed by atoms with E-state index < -0.39 is 0 Å². The topological polar surface area (TPSA) is 26.3 Å². The molecule has 2 rings (SSSR count). The van der Waals surface area contributed by atoms with Crippen LogP contribution in [0.3, 0.4) is 0 Å². The second-order valence-electron chi connectivity index (χ2n) is 3.42. The molecule has 1 heterocycles. The number of hydrogen-bond donors (Lipinski definition) is 0. The summed E-state index contributed by atoms with van der Waals surface area (Å²) in [6.07, 6.45) is 0.542. The Morgan fingerprint density at radius 2 is 2.00 bits per heavy atom. The van der Waals surface area contributed by atoms with Gasteiger partial charge in [0.25, 0.3) is 0 Å². The average molecular weight is 176 g/mol. The molecule has 0 aromatic heterocycles. The zero-order valence-corrected chi connectivity index (χ0v) is 7.57. The zero-order chi connectivity index (χ0) is 9.26. The predicted octanol–water partition coefficient (Wildman–Crippen LogP) is 2.11. The fourth-order valence-electron chi connectivity index (χ4n) is 1.77. The van der Waals surface area contributed by atoms with E-state index in [1.165, 1.54) is 5.56 Å². The molecular weight excluding hydrogens is 164 g/mol. The van der Waals surface area contributed by atoms with Crippen molar-refractivity contribution in [1.82, 2.24) is 0 Å². The molecule has 0 bridgehead atoms. The predicted molar refractivity (Wildman–Crippen MR) is 49.4 cm³/mol. The summed E-state index contributed by atoms with van der Waals surface area (Å²) in [6, 6.07) is 10.0. The van der Waals surface area contributed by atoms with Gasteiger partial charge in [0.1, 0.15) is 6.10 Å². The standard InChI is InChI=1S/C11H12O2/c1-8-10(7-11(12)13-8)9-5-3-2-4-6-9/h2-6,8,10H,7H2,1H3/t8-,10+/m1/s1. The molecule has 0 amide bonds. The third kappa shape index (κ3) is 1.57. The molecule has 0 aliphatic carbocycles. The summed E-state index contributed by atoms with van der Waals surface area (Å²) in [7, 11) is 0. The van der Waals surface area contributed by atoms with E-state index in [1.54, 1.807) is 0 Å². The van der Waals surface area contributed by atoms with Gasteiger partial charge in [0.15, 0.2) is 0 Å². The maximum absolute atomic E-state index is 11.0. The van der Waals surface area contributed by atoms with Crippen LogP contribution in [0, 0.1) is 0 Å². The number of carbonyl (C=O) groups excluding carboxylic acids is 1. The van der Waals surface area contributed by atoms with E-state index in [4.69, 9.17) is 4.74 Å². The summed E-state index contributed by atoms with van der Waals surface area (Å²) < 4.78 is 5.09. The second kappa shape index (κ2) is 3.21. The monoisotopic (exact) mass is 176 g/mol. The largest absolute Gasteiger partial charge is 0.462 e. The van der Waals surface area contributed by atoms with Gasteiger partial charge in [-0.2, -0.15) is 0 Å². The van der Waals surface area contributed by atoms with Crippen LogP contribution in [-0.4, -0.2) is 12.1 Å². The molecule has 2 heteroatoms. The molecule has 68 valence electrons. The summed E-state index contributed by atoms with van der Waals surface area (Å²) >= 11 is 0. The number of ether oxygens (including phenoxy) is 1. The van der Waals surface area contributed by atoms with E-state index in [0.717, 1.165) is 0 Å². The summed E-state index contributed by atoms with van der Waals surface area (Å²) in [5.74, 6) is 0.162. The minimum atomic E-state index is -0.0821. The first-order valence-corrected chi connectivity index (χ1v) is 4.52. The number of cyclic esters (lactones) is 1. The van der Waals surface area contributed by atoms with Gasteiger partial charge in [0.2, 0.25) is 0 Å². The van der Waals surface area contributed by atoms with Crippen molar-refractivity contribution in [1.29, 1.82) is 0 Å². The Bertz CT molecular complexity index is 305. The number of rotatable bonds is 1. The van der Waals surface area contributed by atoms with Gasteiger partial charge < -0.3 is 4.74 Å². The molecule has 0 radical (unpaired) electrons. The van der Waals surface area contributed by atoms with Crippen LogP contribution in [0.4, 0.5) is 0 Å². The SMILES string of the molecule is C[C@H]1OC(=O)C[C@@H]1c1ccccc1. The summed E-state index contributed by atoms with van der Waals surface area (Å²) in [5.41, 5.74) is 1.20. The summed E-state index contributed by atoms with van der Waals surface area (Å²) in [4.78, 5) is 11.0. The first-order valence-electron chi connectivity index (χ1n) is 4.52. The molecule has 13 heavy (non-hydrogen) atoms. The lowest BCUT2D eigenvalue weighted by molar-refractivity contribution is -0.140. The average Bonchev–Trinajstić information content (AvgIpc) is 2.47. The van der Waals surface area contributed by atoms with Gasteiger partial charge in [-0.1, -0.05) is 30.3 Å². The fraction of sp³-hybridized carbons (Fsp3) is 0.364. The van der Waals surface area contributed by atoms with Crippen LogP contribution in [-0.2, 0) is 9.53 Å². The van der Waals surface area contributed by atoms with E-state index in [-0.39, 0.29) is 18.0 Å². The highest BCUT2D eigenvalue weighted by Gasteiger charge is 2.32. The van der Waals surface area contributed by atoms with Crippen molar-refractivity contribution >= 4 is 5.97 Å². The molecule has 0 spiro atoms. The molecule has 1 aliphatic heterocycles.